The Kier molecular flexibility index (Phi) is 4.85. The fourth-order valence-corrected chi connectivity index (χ4v) is 3.19. The lowest BCUT2D eigenvalue weighted by Gasteiger charge is -2.23. The van der Waals surface area contributed by atoms with Crippen LogP contribution in [0.5, 0.6) is 0 Å². The highest BCUT2D eigenvalue weighted by Gasteiger charge is 2.18. The fourth-order valence-electron chi connectivity index (χ4n) is 2.77. The minimum atomic E-state index is -0.123. The first-order chi connectivity index (χ1) is 8.25. The maximum absolute atomic E-state index is 13.5. The first kappa shape index (κ1) is 12.9. The summed E-state index contributed by atoms with van der Waals surface area (Å²) in [5.74, 6) is 0.639. The first-order valence-electron chi connectivity index (χ1n) is 6.63. The number of alkyl halides is 1. The van der Waals surface area contributed by atoms with Crippen LogP contribution >= 0.6 is 11.6 Å². The number of hydrogen-bond donors (Lipinski definition) is 0. The van der Waals surface area contributed by atoms with Gasteiger partial charge in [0.15, 0.2) is 0 Å². The number of hydrogen-bond acceptors (Lipinski definition) is 0. The van der Waals surface area contributed by atoms with Crippen molar-refractivity contribution in [2.75, 3.05) is 0 Å². The second-order valence-electron chi connectivity index (χ2n) is 5.13. The molecule has 2 heteroatoms. The third kappa shape index (κ3) is 3.99. The lowest BCUT2D eigenvalue weighted by molar-refractivity contribution is 0.334. The van der Waals surface area contributed by atoms with E-state index in [0.717, 1.165) is 17.9 Å². The van der Waals surface area contributed by atoms with E-state index in [-0.39, 0.29) is 11.2 Å². The normalized spacial score (nSPS) is 19.2. The van der Waals surface area contributed by atoms with Crippen molar-refractivity contribution in [1.82, 2.24) is 0 Å². The SMILES string of the molecule is Fc1ccccc1CC(Cl)CC1CCCCC1. The summed E-state index contributed by atoms with van der Waals surface area (Å²) in [4.78, 5) is 0. The van der Waals surface area contributed by atoms with Crippen LogP contribution in [0.2, 0.25) is 0 Å². The largest absolute Gasteiger partial charge is 0.207 e. The van der Waals surface area contributed by atoms with E-state index in [9.17, 15) is 4.39 Å². The summed E-state index contributed by atoms with van der Waals surface area (Å²) in [7, 11) is 0. The van der Waals surface area contributed by atoms with Crippen LogP contribution in [-0.4, -0.2) is 5.38 Å². The molecule has 2 rings (SSSR count). The molecule has 0 nitrogen and oxygen atoms in total. The van der Waals surface area contributed by atoms with Crippen LogP contribution in [0.25, 0.3) is 0 Å². The first-order valence-corrected chi connectivity index (χ1v) is 7.07. The zero-order chi connectivity index (χ0) is 12.1. The Bertz CT molecular complexity index is 345. The molecular formula is C15H20ClF. The van der Waals surface area contributed by atoms with Crippen LogP contribution in [0.3, 0.4) is 0 Å². The van der Waals surface area contributed by atoms with Gasteiger partial charge in [-0.25, -0.2) is 4.39 Å². The molecule has 94 valence electrons. The predicted molar refractivity (Wildman–Crippen MR) is 70.9 cm³/mol. The molecule has 0 saturated heterocycles. The highest BCUT2D eigenvalue weighted by atomic mass is 35.5. The molecule has 17 heavy (non-hydrogen) atoms. The molecule has 0 radical (unpaired) electrons. The van der Waals surface area contributed by atoms with Crippen molar-refractivity contribution in [3.8, 4) is 0 Å². The highest BCUT2D eigenvalue weighted by Crippen LogP contribution is 2.29. The standard InChI is InChI=1S/C15H20ClF/c16-14(10-12-6-2-1-3-7-12)11-13-8-4-5-9-15(13)17/h4-5,8-9,12,14H,1-3,6-7,10-11H2. The zero-order valence-corrected chi connectivity index (χ0v) is 10.9. The Morgan fingerprint density at radius 2 is 1.88 bits per heavy atom. The summed E-state index contributed by atoms with van der Waals surface area (Å²) in [5, 5.41) is 0.0787. The van der Waals surface area contributed by atoms with Gasteiger partial charge in [-0.05, 0) is 30.4 Å². The molecule has 1 aliphatic rings. The smallest absolute Gasteiger partial charge is 0.126 e. The summed E-state index contributed by atoms with van der Waals surface area (Å²) < 4.78 is 13.5. The van der Waals surface area contributed by atoms with Crippen LogP contribution in [0.1, 0.15) is 44.1 Å². The predicted octanol–water partition coefficient (Wildman–Crippen LogP) is 4.95. The minimum Gasteiger partial charge on any atom is -0.207 e. The van der Waals surface area contributed by atoms with Crippen molar-refractivity contribution < 1.29 is 4.39 Å². The van der Waals surface area contributed by atoms with E-state index in [1.165, 1.54) is 38.2 Å². The van der Waals surface area contributed by atoms with E-state index < -0.39 is 0 Å². The Morgan fingerprint density at radius 1 is 1.18 bits per heavy atom. The van der Waals surface area contributed by atoms with Crippen molar-refractivity contribution in [3.63, 3.8) is 0 Å². The third-order valence-corrected chi connectivity index (χ3v) is 4.05. The molecule has 1 fully saturated rings. The van der Waals surface area contributed by atoms with Crippen molar-refractivity contribution in [2.24, 2.45) is 5.92 Å². The molecule has 1 aromatic carbocycles. The lowest BCUT2D eigenvalue weighted by Crippen LogP contribution is -2.14. The van der Waals surface area contributed by atoms with Gasteiger partial charge in [0.05, 0.1) is 0 Å². The van der Waals surface area contributed by atoms with Crippen molar-refractivity contribution in [2.45, 2.75) is 50.3 Å². The van der Waals surface area contributed by atoms with Gasteiger partial charge in [-0.1, -0.05) is 50.3 Å². The van der Waals surface area contributed by atoms with E-state index in [0.29, 0.717) is 6.42 Å². The monoisotopic (exact) mass is 254 g/mol. The van der Waals surface area contributed by atoms with Gasteiger partial charge in [0.25, 0.3) is 0 Å². The van der Waals surface area contributed by atoms with Gasteiger partial charge < -0.3 is 0 Å². The summed E-state index contributed by atoms with van der Waals surface area (Å²) in [6.07, 6.45) is 8.36. The lowest BCUT2D eigenvalue weighted by atomic mass is 9.85. The van der Waals surface area contributed by atoms with Crippen LogP contribution < -0.4 is 0 Å². The molecule has 1 atom stereocenters. The van der Waals surface area contributed by atoms with Gasteiger partial charge in [-0.2, -0.15) is 0 Å². The average Bonchev–Trinajstić information content (AvgIpc) is 2.33. The van der Waals surface area contributed by atoms with Crippen molar-refractivity contribution in [1.29, 1.82) is 0 Å². The molecule has 1 aliphatic carbocycles. The second kappa shape index (κ2) is 6.39. The molecule has 1 aromatic rings. The molecule has 0 amide bonds. The quantitative estimate of drug-likeness (QED) is 0.667. The molecule has 1 unspecified atom stereocenters. The van der Waals surface area contributed by atoms with Crippen LogP contribution in [0, 0.1) is 11.7 Å². The van der Waals surface area contributed by atoms with Gasteiger partial charge in [-0.15, -0.1) is 11.6 Å². The van der Waals surface area contributed by atoms with Crippen molar-refractivity contribution >= 4 is 11.6 Å². The van der Waals surface area contributed by atoms with Crippen LogP contribution in [0.15, 0.2) is 24.3 Å². The minimum absolute atomic E-state index is 0.0787. The van der Waals surface area contributed by atoms with E-state index in [1.807, 2.05) is 12.1 Å². The second-order valence-corrected chi connectivity index (χ2v) is 5.75. The maximum Gasteiger partial charge on any atom is 0.126 e. The Hall–Kier alpha value is -0.560. The average molecular weight is 255 g/mol. The maximum atomic E-state index is 13.5. The number of rotatable bonds is 4. The van der Waals surface area contributed by atoms with E-state index in [4.69, 9.17) is 11.6 Å². The fraction of sp³-hybridized carbons (Fsp3) is 0.600. The Labute approximate surface area is 108 Å². The Balaban J connectivity index is 1.84. The topological polar surface area (TPSA) is 0 Å². The molecule has 0 spiro atoms. The van der Waals surface area contributed by atoms with E-state index in [2.05, 4.69) is 0 Å². The Morgan fingerprint density at radius 3 is 2.59 bits per heavy atom. The summed E-state index contributed by atoms with van der Waals surface area (Å²) >= 11 is 6.35. The third-order valence-electron chi connectivity index (χ3n) is 3.71. The number of halogens is 2. The number of benzene rings is 1. The van der Waals surface area contributed by atoms with E-state index >= 15 is 0 Å². The highest BCUT2D eigenvalue weighted by molar-refractivity contribution is 6.20. The molecular weight excluding hydrogens is 235 g/mol. The summed E-state index contributed by atoms with van der Waals surface area (Å²) in [6.45, 7) is 0. The molecule has 1 saturated carbocycles. The van der Waals surface area contributed by atoms with Crippen molar-refractivity contribution in [3.05, 3.63) is 35.6 Å². The summed E-state index contributed by atoms with van der Waals surface area (Å²) in [5.41, 5.74) is 0.753. The summed E-state index contributed by atoms with van der Waals surface area (Å²) in [6, 6.07) is 6.96. The van der Waals surface area contributed by atoms with Crippen LogP contribution in [-0.2, 0) is 6.42 Å². The molecule has 0 aromatic heterocycles. The van der Waals surface area contributed by atoms with Gasteiger partial charge in [-0.3, -0.25) is 0 Å². The van der Waals surface area contributed by atoms with Gasteiger partial charge in [0.1, 0.15) is 5.82 Å². The molecule has 0 heterocycles. The molecule has 0 bridgehead atoms. The molecule has 0 aliphatic heterocycles. The van der Waals surface area contributed by atoms with Crippen LogP contribution in [0.4, 0.5) is 4.39 Å². The van der Waals surface area contributed by atoms with Gasteiger partial charge >= 0.3 is 0 Å². The van der Waals surface area contributed by atoms with E-state index in [1.54, 1.807) is 6.07 Å². The van der Waals surface area contributed by atoms with Gasteiger partial charge in [0.2, 0.25) is 0 Å². The zero-order valence-electron chi connectivity index (χ0n) is 10.2. The van der Waals surface area contributed by atoms with Gasteiger partial charge in [0, 0.05) is 5.38 Å². The molecule has 0 N–H and O–H groups in total.